The van der Waals surface area contributed by atoms with Crippen molar-refractivity contribution in [1.29, 1.82) is 0 Å². The molecule has 0 fully saturated rings. The minimum absolute atomic E-state index is 0.0178. The maximum Gasteiger partial charge on any atom is 0.231 e. The van der Waals surface area contributed by atoms with Crippen LogP contribution in [0.1, 0.15) is 0 Å². The van der Waals surface area contributed by atoms with E-state index in [0.29, 0.717) is 5.65 Å². The molecule has 0 unspecified atom stereocenters. The van der Waals surface area contributed by atoms with Crippen molar-refractivity contribution >= 4 is 11.5 Å². The number of hydrogen-bond donors (Lipinski definition) is 2. The third-order valence-corrected chi connectivity index (χ3v) is 1.56. The van der Waals surface area contributed by atoms with Crippen LogP contribution in [0.15, 0.2) is 18.3 Å². The largest absolute Gasteiger partial charge is 0.492 e. The lowest BCUT2D eigenvalue weighted by Crippen LogP contribution is -1.96. The number of nitrogens with zero attached hydrogens (tertiary/aromatic N) is 3. The standard InChI is InChI=1S/C7H8N4O/c1-8-5-2-3-6-9-7(12)4-11(6)10-5/h2-4,12H,1H3,(H,8,10). The molecule has 0 aliphatic heterocycles. The zero-order valence-corrected chi connectivity index (χ0v) is 6.52. The summed E-state index contributed by atoms with van der Waals surface area (Å²) in [6.45, 7) is 0. The second kappa shape index (κ2) is 2.37. The van der Waals surface area contributed by atoms with Crippen LogP contribution in [-0.4, -0.2) is 26.8 Å². The van der Waals surface area contributed by atoms with Crippen LogP contribution in [-0.2, 0) is 0 Å². The van der Waals surface area contributed by atoms with Crippen molar-refractivity contribution < 1.29 is 5.11 Å². The number of fused-ring (bicyclic) bond motifs is 1. The van der Waals surface area contributed by atoms with E-state index in [-0.39, 0.29) is 5.88 Å². The molecule has 0 aliphatic rings. The topological polar surface area (TPSA) is 62.5 Å². The highest BCUT2D eigenvalue weighted by Crippen LogP contribution is 2.10. The summed E-state index contributed by atoms with van der Waals surface area (Å²) in [4.78, 5) is 3.82. The van der Waals surface area contributed by atoms with Gasteiger partial charge in [0.25, 0.3) is 0 Å². The van der Waals surface area contributed by atoms with E-state index in [2.05, 4.69) is 15.4 Å². The Kier molecular flexibility index (Phi) is 1.36. The van der Waals surface area contributed by atoms with Crippen LogP contribution in [0.5, 0.6) is 5.88 Å². The molecule has 0 aromatic carbocycles. The predicted molar refractivity (Wildman–Crippen MR) is 44.2 cm³/mol. The number of anilines is 1. The van der Waals surface area contributed by atoms with E-state index < -0.39 is 0 Å². The SMILES string of the molecule is CNc1ccc2nc(O)cn2n1. The van der Waals surface area contributed by atoms with E-state index in [1.165, 1.54) is 10.7 Å². The first kappa shape index (κ1) is 6.90. The quantitative estimate of drug-likeness (QED) is 0.643. The van der Waals surface area contributed by atoms with E-state index in [4.69, 9.17) is 5.11 Å². The molecule has 5 nitrogen and oxygen atoms in total. The van der Waals surface area contributed by atoms with Crippen molar-refractivity contribution in [3.8, 4) is 5.88 Å². The molecule has 2 aromatic heterocycles. The fourth-order valence-corrected chi connectivity index (χ4v) is 1.00. The van der Waals surface area contributed by atoms with Gasteiger partial charge in [-0.3, -0.25) is 0 Å². The van der Waals surface area contributed by atoms with Gasteiger partial charge in [0.15, 0.2) is 5.65 Å². The van der Waals surface area contributed by atoms with Crippen molar-refractivity contribution in [2.45, 2.75) is 0 Å². The predicted octanol–water partition coefficient (Wildman–Crippen LogP) is 0.477. The Hall–Kier alpha value is -1.78. The van der Waals surface area contributed by atoms with Crippen LogP contribution in [0.2, 0.25) is 0 Å². The number of hydrogen-bond acceptors (Lipinski definition) is 4. The highest BCUT2D eigenvalue weighted by atomic mass is 16.3. The second-order valence-corrected chi connectivity index (χ2v) is 2.37. The molecule has 0 aliphatic carbocycles. The second-order valence-electron chi connectivity index (χ2n) is 2.37. The number of aromatic hydroxyl groups is 1. The molecule has 2 N–H and O–H groups in total. The lowest BCUT2D eigenvalue weighted by Gasteiger charge is -1.97. The Bertz CT molecular complexity index is 409. The molecule has 12 heavy (non-hydrogen) atoms. The zero-order chi connectivity index (χ0) is 8.55. The lowest BCUT2D eigenvalue weighted by molar-refractivity contribution is 0.457. The van der Waals surface area contributed by atoms with Crippen LogP contribution in [0.4, 0.5) is 5.82 Å². The summed E-state index contributed by atoms with van der Waals surface area (Å²) >= 11 is 0. The van der Waals surface area contributed by atoms with Crippen molar-refractivity contribution in [2.24, 2.45) is 0 Å². The van der Waals surface area contributed by atoms with Gasteiger partial charge < -0.3 is 10.4 Å². The summed E-state index contributed by atoms with van der Waals surface area (Å²) in [5.74, 6) is 0.718. The number of aromatic nitrogens is 3. The number of nitrogens with one attached hydrogen (secondary N) is 1. The molecule has 0 amide bonds. The van der Waals surface area contributed by atoms with Crippen LogP contribution in [0, 0.1) is 0 Å². The Morgan fingerprint density at radius 1 is 1.50 bits per heavy atom. The first-order valence-electron chi connectivity index (χ1n) is 3.53. The van der Waals surface area contributed by atoms with Crippen LogP contribution >= 0.6 is 0 Å². The normalized spacial score (nSPS) is 10.4. The highest BCUT2D eigenvalue weighted by Gasteiger charge is 1.99. The third kappa shape index (κ3) is 0.952. The molecule has 0 atom stereocenters. The van der Waals surface area contributed by atoms with Gasteiger partial charge in [0.1, 0.15) is 5.82 Å². The van der Waals surface area contributed by atoms with Crippen LogP contribution < -0.4 is 5.32 Å². The zero-order valence-electron chi connectivity index (χ0n) is 6.52. The maximum atomic E-state index is 9.03. The Balaban J connectivity index is 2.66. The Morgan fingerprint density at radius 3 is 3.08 bits per heavy atom. The van der Waals surface area contributed by atoms with Crippen molar-refractivity contribution in [2.75, 3.05) is 12.4 Å². The summed E-state index contributed by atoms with van der Waals surface area (Å²) in [5.41, 5.74) is 0.631. The van der Waals surface area contributed by atoms with Gasteiger partial charge >= 0.3 is 0 Å². The minimum atomic E-state index is -0.0178. The Morgan fingerprint density at radius 2 is 2.33 bits per heavy atom. The summed E-state index contributed by atoms with van der Waals surface area (Å²) in [6, 6.07) is 3.57. The highest BCUT2D eigenvalue weighted by molar-refractivity contribution is 5.45. The van der Waals surface area contributed by atoms with Gasteiger partial charge in [0.05, 0.1) is 6.20 Å². The fraction of sp³-hybridized carbons (Fsp3) is 0.143. The van der Waals surface area contributed by atoms with Gasteiger partial charge in [-0.1, -0.05) is 0 Å². The van der Waals surface area contributed by atoms with Gasteiger partial charge in [-0.15, -0.1) is 5.10 Å². The van der Waals surface area contributed by atoms with Crippen molar-refractivity contribution in [3.05, 3.63) is 18.3 Å². The van der Waals surface area contributed by atoms with Gasteiger partial charge in [0.2, 0.25) is 5.88 Å². The van der Waals surface area contributed by atoms with Gasteiger partial charge in [0, 0.05) is 7.05 Å². The van der Waals surface area contributed by atoms with E-state index in [1.807, 2.05) is 0 Å². The van der Waals surface area contributed by atoms with E-state index in [1.54, 1.807) is 19.2 Å². The molecule has 0 saturated carbocycles. The molecule has 5 heteroatoms. The van der Waals surface area contributed by atoms with Crippen LogP contribution in [0.25, 0.3) is 5.65 Å². The van der Waals surface area contributed by atoms with Gasteiger partial charge in [-0.2, -0.15) is 4.98 Å². The van der Waals surface area contributed by atoms with E-state index in [9.17, 15) is 0 Å². The number of imidazole rings is 1. The Labute approximate surface area is 68.7 Å². The number of rotatable bonds is 1. The van der Waals surface area contributed by atoms with Crippen molar-refractivity contribution in [3.63, 3.8) is 0 Å². The lowest BCUT2D eigenvalue weighted by atomic mass is 10.5. The summed E-state index contributed by atoms with van der Waals surface area (Å²) in [6.07, 6.45) is 1.45. The molecular formula is C7H8N4O. The van der Waals surface area contributed by atoms with Crippen LogP contribution in [0.3, 0.4) is 0 Å². The monoisotopic (exact) mass is 164 g/mol. The molecule has 2 heterocycles. The summed E-state index contributed by atoms with van der Waals surface area (Å²) in [5, 5.41) is 16.0. The molecule has 0 saturated heterocycles. The first-order valence-corrected chi connectivity index (χ1v) is 3.53. The van der Waals surface area contributed by atoms with E-state index in [0.717, 1.165) is 5.82 Å². The smallest absolute Gasteiger partial charge is 0.231 e. The van der Waals surface area contributed by atoms with Gasteiger partial charge in [-0.05, 0) is 12.1 Å². The summed E-state index contributed by atoms with van der Waals surface area (Å²) < 4.78 is 1.52. The molecule has 2 aromatic rings. The fourth-order valence-electron chi connectivity index (χ4n) is 1.00. The average Bonchev–Trinajstić information content (AvgIpc) is 2.43. The molecule has 2 rings (SSSR count). The van der Waals surface area contributed by atoms with Gasteiger partial charge in [-0.25, -0.2) is 4.52 Å². The molecule has 62 valence electrons. The first-order chi connectivity index (χ1) is 5.79. The molecule has 0 bridgehead atoms. The molecule has 0 radical (unpaired) electrons. The molecular weight excluding hydrogens is 156 g/mol. The minimum Gasteiger partial charge on any atom is -0.492 e. The maximum absolute atomic E-state index is 9.03. The molecule has 0 spiro atoms. The van der Waals surface area contributed by atoms with E-state index >= 15 is 0 Å². The van der Waals surface area contributed by atoms with Crippen molar-refractivity contribution in [1.82, 2.24) is 14.6 Å². The summed E-state index contributed by atoms with van der Waals surface area (Å²) in [7, 11) is 1.78. The average molecular weight is 164 g/mol. The third-order valence-electron chi connectivity index (χ3n) is 1.56.